The number of thioether (sulfide) groups is 1. The summed E-state index contributed by atoms with van der Waals surface area (Å²) in [5.41, 5.74) is 1.26. The number of anilines is 1. The standard InChI is InChI=1S/C25H30N4O5S/c1-32-19-8-9-21(33-2)20(16-19)27-23(30)17-22-24(31)29(11-10-28-12-14-34-15-13-28)25(35-22)26-18-6-4-3-5-7-18/h3-9,16,22H,10-15,17H2,1-2H3,(H,27,30). The second-order valence-corrected chi connectivity index (χ2v) is 9.27. The number of amidine groups is 1. The Labute approximate surface area is 209 Å². The van der Waals surface area contributed by atoms with Crippen molar-refractivity contribution in [1.82, 2.24) is 9.80 Å². The highest BCUT2D eigenvalue weighted by Gasteiger charge is 2.39. The summed E-state index contributed by atoms with van der Waals surface area (Å²) in [6, 6.07) is 14.7. The van der Waals surface area contributed by atoms with E-state index in [2.05, 4.69) is 10.2 Å². The second kappa shape index (κ2) is 12.1. The van der Waals surface area contributed by atoms with Gasteiger partial charge in [0.1, 0.15) is 16.7 Å². The van der Waals surface area contributed by atoms with E-state index in [1.165, 1.54) is 18.9 Å². The molecule has 1 atom stereocenters. The first-order valence-corrected chi connectivity index (χ1v) is 12.4. The van der Waals surface area contributed by atoms with Crippen LogP contribution in [0.5, 0.6) is 11.5 Å². The Hall–Kier alpha value is -3.08. The lowest BCUT2D eigenvalue weighted by atomic mass is 10.2. The zero-order chi connectivity index (χ0) is 24.6. The molecule has 0 aromatic heterocycles. The fourth-order valence-electron chi connectivity index (χ4n) is 3.89. The molecular formula is C25H30N4O5S. The molecule has 2 heterocycles. The van der Waals surface area contributed by atoms with Gasteiger partial charge in [0.15, 0.2) is 5.17 Å². The smallest absolute Gasteiger partial charge is 0.242 e. The van der Waals surface area contributed by atoms with Crippen LogP contribution < -0.4 is 14.8 Å². The Balaban J connectivity index is 1.47. The maximum atomic E-state index is 13.3. The zero-order valence-corrected chi connectivity index (χ0v) is 20.8. The molecule has 0 radical (unpaired) electrons. The van der Waals surface area contributed by atoms with Gasteiger partial charge in [-0.05, 0) is 24.3 Å². The molecule has 2 aromatic rings. The van der Waals surface area contributed by atoms with Crippen LogP contribution in [0.3, 0.4) is 0 Å². The summed E-state index contributed by atoms with van der Waals surface area (Å²) in [7, 11) is 3.09. The van der Waals surface area contributed by atoms with E-state index in [1.54, 1.807) is 30.2 Å². The Morgan fingerprint density at radius 2 is 1.89 bits per heavy atom. The largest absolute Gasteiger partial charge is 0.497 e. The van der Waals surface area contributed by atoms with Crippen LogP contribution in [0, 0.1) is 0 Å². The molecular weight excluding hydrogens is 468 g/mol. The maximum absolute atomic E-state index is 13.3. The van der Waals surface area contributed by atoms with Crippen molar-refractivity contribution in [2.75, 3.05) is 58.9 Å². The fourth-order valence-corrected chi connectivity index (χ4v) is 5.08. The van der Waals surface area contributed by atoms with Crippen molar-refractivity contribution < 1.29 is 23.8 Å². The van der Waals surface area contributed by atoms with Gasteiger partial charge in [-0.25, -0.2) is 4.99 Å². The Bertz CT molecular complexity index is 1060. The highest BCUT2D eigenvalue weighted by Crippen LogP contribution is 2.33. The number of aliphatic imine (C=N–C) groups is 1. The number of carbonyl (C=O) groups is 2. The second-order valence-electron chi connectivity index (χ2n) is 8.10. The first-order chi connectivity index (χ1) is 17.1. The third kappa shape index (κ3) is 6.53. The van der Waals surface area contributed by atoms with Crippen LogP contribution >= 0.6 is 11.8 Å². The van der Waals surface area contributed by atoms with Gasteiger partial charge in [0.25, 0.3) is 0 Å². The van der Waals surface area contributed by atoms with Gasteiger partial charge in [0.2, 0.25) is 11.8 Å². The van der Waals surface area contributed by atoms with Gasteiger partial charge in [-0.3, -0.25) is 19.4 Å². The number of nitrogens with zero attached hydrogens (tertiary/aromatic N) is 3. The molecule has 2 aromatic carbocycles. The van der Waals surface area contributed by atoms with Crippen molar-refractivity contribution in [1.29, 1.82) is 0 Å². The van der Waals surface area contributed by atoms with E-state index in [1.807, 2.05) is 30.3 Å². The Morgan fingerprint density at radius 3 is 2.60 bits per heavy atom. The average Bonchev–Trinajstić information content (AvgIpc) is 3.17. The van der Waals surface area contributed by atoms with Crippen molar-refractivity contribution in [2.24, 2.45) is 4.99 Å². The van der Waals surface area contributed by atoms with E-state index >= 15 is 0 Å². The monoisotopic (exact) mass is 498 g/mol. The maximum Gasteiger partial charge on any atom is 0.242 e. The molecule has 0 bridgehead atoms. The molecule has 0 saturated carbocycles. The molecule has 35 heavy (non-hydrogen) atoms. The van der Waals surface area contributed by atoms with Crippen molar-refractivity contribution in [3.05, 3.63) is 48.5 Å². The lowest BCUT2D eigenvalue weighted by molar-refractivity contribution is -0.128. The van der Waals surface area contributed by atoms with Gasteiger partial charge in [-0.1, -0.05) is 30.0 Å². The van der Waals surface area contributed by atoms with Crippen molar-refractivity contribution in [2.45, 2.75) is 11.7 Å². The number of carbonyl (C=O) groups excluding carboxylic acids is 2. The molecule has 0 spiro atoms. The fraction of sp³-hybridized carbons (Fsp3) is 0.400. The predicted molar refractivity (Wildman–Crippen MR) is 137 cm³/mol. The SMILES string of the molecule is COc1ccc(OC)c(NC(=O)CC2SC(=Nc3ccccc3)N(CCN3CCOCC3)C2=O)c1. The Morgan fingerprint density at radius 1 is 1.11 bits per heavy atom. The lowest BCUT2D eigenvalue weighted by Gasteiger charge is -2.28. The normalized spacial score (nSPS) is 19.7. The van der Waals surface area contributed by atoms with Gasteiger partial charge in [0.05, 0.1) is 38.8 Å². The number of methoxy groups -OCH3 is 2. The summed E-state index contributed by atoms with van der Waals surface area (Å²) in [6.45, 7) is 4.32. The molecule has 9 nitrogen and oxygen atoms in total. The summed E-state index contributed by atoms with van der Waals surface area (Å²) in [5, 5.41) is 2.92. The summed E-state index contributed by atoms with van der Waals surface area (Å²) < 4.78 is 16.0. The quantitative estimate of drug-likeness (QED) is 0.568. The van der Waals surface area contributed by atoms with E-state index in [0.29, 0.717) is 42.1 Å². The van der Waals surface area contributed by atoms with Crippen molar-refractivity contribution >= 4 is 40.1 Å². The molecule has 2 fully saturated rings. The van der Waals surface area contributed by atoms with Gasteiger partial charge in [-0.2, -0.15) is 0 Å². The van der Waals surface area contributed by atoms with Gasteiger partial charge in [-0.15, -0.1) is 0 Å². The number of para-hydroxylation sites is 1. The number of hydrogen-bond acceptors (Lipinski definition) is 8. The first kappa shape index (κ1) is 25.0. The van der Waals surface area contributed by atoms with E-state index in [9.17, 15) is 9.59 Å². The molecule has 2 saturated heterocycles. The minimum absolute atomic E-state index is 0.0196. The molecule has 0 aliphatic carbocycles. The van der Waals surface area contributed by atoms with Crippen molar-refractivity contribution in [3.63, 3.8) is 0 Å². The molecule has 2 aliphatic rings. The highest BCUT2D eigenvalue weighted by molar-refractivity contribution is 8.15. The number of morpholine rings is 1. The minimum atomic E-state index is -0.557. The zero-order valence-electron chi connectivity index (χ0n) is 19.9. The molecule has 4 rings (SSSR count). The minimum Gasteiger partial charge on any atom is -0.497 e. The van der Waals surface area contributed by atoms with Gasteiger partial charge < -0.3 is 19.5 Å². The van der Waals surface area contributed by atoms with E-state index < -0.39 is 5.25 Å². The van der Waals surface area contributed by atoms with Crippen LogP contribution in [-0.2, 0) is 14.3 Å². The number of nitrogens with one attached hydrogen (secondary N) is 1. The third-order valence-electron chi connectivity index (χ3n) is 5.80. The summed E-state index contributed by atoms with van der Waals surface area (Å²) in [4.78, 5) is 35.0. The summed E-state index contributed by atoms with van der Waals surface area (Å²) >= 11 is 1.33. The van der Waals surface area contributed by atoms with Gasteiger partial charge in [0, 0.05) is 38.7 Å². The summed E-state index contributed by atoms with van der Waals surface area (Å²) in [6.07, 6.45) is 0.0196. The van der Waals surface area contributed by atoms with Crippen molar-refractivity contribution in [3.8, 4) is 11.5 Å². The molecule has 1 unspecified atom stereocenters. The van der Waals surface area contributed by atoms with Crippen LogP contribution in [-0.4, -0.2) is 85.6 Å². The lowest BCUT2D eigenvalue weighted by Crippen LogP contribution is -2.43. The van der Waals surface area contributed by atoms with Crippen LogP contribution in [0.1, 0.15) is 6.42 Å². The highest BCUT2D eigenvalue weighted by atomic mass is 32.2. The number of benzene rings is 2. The average molecular weight is 499 g/mol. The molecule has 1 N–H and O–H groups in total. The van der Waals surface area contributed by atoms with Crippen LogP contribution in [0.2, 0.25) is 0 Å². The van der Waals surface area contributed by atoms with Crippen LogP contribution in [0.4, 0.5) is 11.4 Å². The number of amides is 2. The Kier molecular flexibility index (Phi) is 8.62. The van der Waals surface area contributed by atoms with Crippen LogP contribution in [0.15, 0.2) is 53.5 Å². The number of rotatable bonds is 9. The number of hydrogen-bond donors (Lipinski definition) is 1. The summed E-state index contributed by atoms with van der Waals surface area (Å²) in [5.74, 6) is 0.726. The molecule has 10 heteroatoms. The van der Waals surface area contributed by atoms with E-state index in [4.69, 9.17) is 19.2 Å². The number of ether oxygens (including phenoxy) is 3. The van der Waals surface area contributed by atoms with E-state index in [0.717, 1.165) is 25.3 Å². The predicted octanol–water partition coefficient (Wildman–Crippen LogP) is 3.00. The van der Waals surface area contributed by atoms with Crippen LogP contribution in [0.25, 0.3) is 0 Å². The first-order valence-electron chi connectivity index (χ1n) is 11.5. The molecule has 186 valence electrons. The molecule has 2 amide bonds. The molecule has 2 aliphatic heterocycles. The third-order valence-corrected chi connectivity index (χ3v) is 6.97. The van der Waals surface area contributed by atoms with Gasteiger partial charge >= 0.3 is 0 Å². The topological polar surface area (TPSA) is 92.7 Å². The van der Waals surface area contributed by atoms with E-state index in [-0.39, 0.29) is 18.2 Å².